The van der Waals surface area contributed by atoms with Crippen LogP contribution in [0.5, 0.6) is 0 Å². The molecule has 1 aromatic carbocycles. The van der Waals surface area contributed by atoms with Crippen LogP contribution in [-0.4, -0.2) is 69.3 Å². The summed E-state index contributed by atoms with van der Waals surface area (Å²) in [4.78, 5) is 25.7. The lowest BCUT2D eigenvalue weighted by Gasteiger charge is -2.28. The lowest BCUT2D eigenvalue weighted by Crippen LogP contribution is -2.46. The Balaban J connectivity index is 0.00000345. The van der Waals surface area contributed by atoms with E-state index in [1.807, 2.05) is 48.2 Å². The van der Waals surface area contributed by atoms with Gasteiger partial charge in [0.1, 0.15) is 12.1 Å². The van der Waals surface area contributed by atoms with Gasteiger partial charge in [-0.3, -0.25) is 9.69 Å². The highest BCUT2D eigenvalue weighted by atomic mass is 35.5. The van der Waals surface area contributed by atoms with Crippen molar-refractivity contribution >= 4 is 23.7 Å². The molecule has 1 aromatic rings. The second-order valence-corrected chi connectivity index (χ2v) is 13.1. The first-order chi connectivity index (χ1) is 21.4. The minimum absolute atomic E-state index is 0.0574. The third kappa shape index (κ3) is 12.9. The lowest BCUT2D eigenvalue weighted by atomic mass is 9.90. The first kappa shape index (κ1) is 38.5. The maximum atomic E-state index is 13.2. The Bertz CT molecular complexity index is 1150. The number of ether oxygens (including phenoxy) is 2. The van der Waals surface area contributed by atoms with Crippen molar-refractivity contribution in [1.82, 2.24) is 4.90 Å². The molecule has 9 heteroatoms. The first-order valence-corrected chi connectivity index (χ1v) is 16.5. The van der Waals surface area contributed by atoms with Gasteiger partial charge in [0.25, 0.3) is 0 Å². The summed E-state index contributed by atoms with van der Waals surface area (Å²) in [6, 6.07) is 7.33. The van der Waals surface area contributed by atoms with Gasteiger partial charge in [-0.2, -0.15) is 0 Å². The van der Waals surface area contributed by atoms with E-state index in [9.17, 15) is 14.7 Å². The molecule has 0 bridgehead atoms. The number of benzene rings is 1. The molecule has 252 valence electrons. The summed E-state index contributed by atoms with van der Waals surface area (Å²) in [5, 5.41) is 26.2. The van der Waals surface area contributed by atoms with Crippen LogP contribution in [0.1, 0.15) is 91.5 Å². The molecule has 45 heavy (non-hydrogen) atoms. The van der Waals surface area contributed by atoms with Crippen molar-refractivity contribution in [1.29, 1.82) is 0 Å². The summed E-state index contributed by atoms with van der Waals surface area (Å²) in [6.07, 6.45) is 15.6. The highest BCUT2D eigenvalue weighted by Gasteiger charge is 2.60. The Morgan fingerprint density at radius 3 is 2.49 bits per heavy atom. The van der Waals surface area contributed by atoms with Gasteiger partial charge in [0.2, 0.25) is 0 Å². The number of rotatable bonds is 18. The van der Waals surface area contributed by atoms with Crippen LogP contribution in [0.3, 0.4) is 0 Å². The molecule has 2 saturated heterocycles. The first-order valence-electron chi connectivity index (χ1n) is 16.2. The lowest BCUT2D eigenvalue weighted by molar-refractivity contribution is -0.139. The number of hydrogen-bond donors (Lipinski definition) is 3. The quantitative estimate of drug-likeness (QED) is 0.0848. The number of cyclic esters (lactones) is 1. The highest BCUT2D eigenvalue weighted by Crippen LogP contribution is 2.43. The molecule has 0 spiro atoms. The van der Waals surface area contributed by atoms with Gasteiger partial charge < -0.3 is 24.8 Å². The number of halogens is 1. The van der Waals surface area contributed by atoms with Crippen molar-refractivity contribution < 1.29 is 34.4 Å². The zero-order chi connectivity index (χ0) is 33.6. The molecule has 0 aromatic heterocycles. The number of unbranched alkanes of at least 4 members (excludes halogenated alkanes) is 1. The molecule has 3 N–H and O–H groups in total. The van der Waals surface area contributed by atoms with Crippen LogP contribution in [0, 0.1) is 11.8 Å². The van der Waals surface area contributed by atoms with Gasteiger partial charge >= 0.3 is 12.1 Å². The fourth-order valence-corrected chi connectivity index (χ4v) is 6.00. The van der Waals surface area contributed by atoms with Crippen molar-refractivity contribution in [3.8, 4) is 0 Å². The van der Waals surface area contributed by atoms with Crippen molar-refractivity contribution in [3.63, 3.8) is 0 Å². The summed E-state index contributed by atoms with van der Waals surface area (Å²) >= 11 is 6.08. The zero-order valence-corrected chi connectivity index (χ0v) is 28.6. The molecule has 2 aliphatic rings. The van der Waals surface area contributed by atoms with E-state index in [1.54, 1.807) is 0 Å². The number of aliphatic carboxylic acids is 1. The number of carboxylic acid groups (broad SMARTS) is 1. The SMILES string of the molecule is CCCCC1OC1C1N(Cc2ccc(Cl)cc2)C(=O)OC1(C)/C=C/C=C(\C)CC(C)/C=C/CC(C)CCC(O)CC(=O)O.CO. The Morgan fingerprint density at radius 2 is 1.84 bits per heavy atom. The number of hydrogen-bond acceptors (Lipinski definition) is 6. The predicted molar refractivity (Wildman–Crippen MR) is 179 cm³/mol. The monoisotopic (exact) mass is 647 g/mol. The average Bonchev–Trinajstić information content (AvgIpc) is 3.69. The normalized spacial score (nSPS) is 25.2. The molecule has 3 rings (SSSR count). The summed E-state index contributed by atoms with van der Waals surface area (Å²) in [5.41, 5.74) is 1.41. The van der Waals surface area contributed by atoms with E-state index >= 15 is 0 Å². The number of nitrogens with zero attached hydrogens (tertiary/aromatic N) is 1. The van der Waals surface area contributed by atoms with Gasteiger partial charge in [-0.1, -0.05) is 87.2 Å². The topological polar surface area (TPSA) is 120 Å². The number of aliphatic hydroxyl groups is 2. The molecule has 7 atom stereocenters. The van der Waals surface area contributed by atoms with Gasteiger partial charge in [0.05, 0.1) is 18.6 Å². The number of carbonyl (C=O) groups excluding carboxylic acids is 1. The summed E-state index contributed by atoms with van der Waals surface area (Å²) in [7, 11) is 1.00. The number of epoxide rings is 1. The molecule has 0 aliphatic carbocycles. The van der Waals surface area contributed by atoms with Crippen molar-refractivity contribution in [2.75, 3.05) is 7.11 Å². The molecule has 0 saturated carbocycles. The van der Waals surface area contributed by atoms with Crippen LogP contribution in [0.2, 0.25) is 5.02 Å². The van der Waals surface area contributed by atoms with Crippen molar-refractivity contribution in [2.24, 2.45) is 11.8 Å². The molecule has 0 radical (unpaired) electrons. The minimum Gasteiger partial charge on any atom is -0.481 e. The zero-order valence-electron chi connectivity index (χ0n) is 27.8. The third-order valence-electron chi connectivity index (χ3n) is 8.36. The largest absolute Gasteiger partial charge is 0.481 e. The third-order valence-corrected chi connectivity index (χ3v) is 8.62. The Morgan fingerprint density at radius 1 is 1.16 bits per heavy atom. The summed E-state index contributed by atoms with van der Waals surface area (Å²) in [6.45, 7) is 11.0. The highest BCUT2D eigenvalue weighted by molar-refractivity contribution is 6.30. The van der Waals surface area contributed by atoms with Gasteiger partial charge in [0.15, 0.2) is 5.60 Å². The van der Waals surface area contributed by atoms with Crippen LogP contribution >= 0.6 is 11.6 Å². The van der Waals surface area contributed by atoms with Crippen LogP contribution in [-0.2, 0) is 20.8 Å². The fourth-order valence-electron chi connectivity index (χ4n) is 5.88. The van der Waals surface area contributed by atoms with Crippen LogP contribution in [0.25, 0.3) is 0 Å². The van der Waals surface area contributed by atoms with E-state index < -0.39 is 17.7 Å². The smallest absolute Gasteiger partial charge is 0.411 e. The standard InChI is InChI=1S/C35H50ClNO6.CH4O/c1-6-7-13-30-32(42-30)33-35(5,43-34(41)37(33)23-27-15-17-28(36)18-16-27)20-9-12-26(4)21-25(3)11-8-10-24(2)14-19-29(38)22-31(39)40;1-2/h8-9,11-12,15-18,20,24-25,29-30,32-33,38H,6-7,10,13-14,19,21-23H2,1-5H3,(H,39,40);2H,1H3/b11-8+,20-9+,26-12+;. The van der Waals surface area contributed by atoms with Crippen LogP contribution in [0.15, 0.2) is 60.2 Å². The van der Waals surface area contributed by atoms with Gasteiger partial charge in [-0.15, -0.1) is 0 Å². The average molecular weight is 648 g/mol. The van der Waals surface area contributed by atoms with E-state index in [2.05, 4.69) is 45.9 Å². The number of aliphatic hydroxyl groups excluding tert-OH is 2. The van der Waals surface area contributed by atoms with Crippen LogP contribution < -0.4 is 0 Å². The van der Waals surface area contributed by atoms with E-state index in [0.29, 0.717) is 29.8 Å². The number of carboxylic acids is 1. The Hall–Kier alpha value is -2.65. The van der Waals surface area contributed by atoms with E-state index in [4.69, 9.17) is 31.3 Å². The maximum absolute atomic E-state index is 13.2. The molecule has 8 nitrogen and oxygen atoms in total. The molecule has 7 unspecified atom stereocenters. The van der Waals surface area contributed by atoms with E-state index in [0.717, 1.165) is 51.2 Å². The molecule has 2 aliphatic heterocycles. The second kappa shape index (κ2) is 19.1. The summed E-state index contributed by atoms with van der Waals surface area (Å²) < 4.78 is 12.1. The second-order valence-electron chi connectivity index (χ2n) is 12.7. The Labute approximate surface area is 274 Å². The van der Waals surface area contributed by atoms with E-state index in [1.165, 1.54) is 5.57 Å². The fraction of sp³-hybridized carbons (Fsp3) is 0.611. The maximum Gasteiger partial charge on any atom is 0.411 e. The molecule has 1 amide bonds. The molecule has 2 heterocycles. The van der Waals surface area contributed by atoms with Gasteiger partial charge in [-0.05, 0) is 81.6 Å². The molecule has 2 fully saturated rings. The summed E-state index contributed by atoms with van der Waals surface area (Å²) in [5.74, 6) is -0.226. The van der Waals surface area contributed by atoms with Crippen LogP contribution in [0.4, 0.5) is 4.79 Å². The minimum atomic E-state index is -0.963. The molecular formula is C36H54ClNO7. The predicted octanol–water partition coefficient (Wildman–Crippen LogP) is 7.71. The van der Waals surface area contributed by atoms with Crippen molar-refractivity contribution in [2.45, 2.75) is 122 Å². The Kier molecular flexibility index (Phi) is 16.4. The van der Waals surface area contributed by atoms with Gasteiger partial charge in [0, 0.05) is 18.7 Å². The molecular weight excluding hydrogens is 594 g/mol. The van der Waals surface area contributed by atoms with E-state index in [-0.39, 0.29) is 30.8 Å². The van der Waals surface area contributed by atoms with Crippen molar-refractivity contribution in [3.05, 3.63) is 70.8 Å². The number of carbonyl (C=O) groups is 2. The van der Waals surface area contributed by atoms with Gasteiger partial charge in [-0.25, -0.2) is 4.79 Å². The number of allylic oxidation sites excluding steroid dienone is 5. The number of amides is 1.